The number of nitrogens with zero attached hydrogens (tertiary/aromatic N) is 1. The number of carbonyl (C=O) groups is 1. The molecule has 120 valence electrons. The maximum atomic E-state index is 12.5. The molecule has 2 rings (SSSR count). The number of rotatable bonds is 10. The Morgan fingerprint density at radius 2 is 1.55 bits per heavy atom. The van der Waals surface area contributed by atoms with Gasteiger partial charge in [-0.3, -0.25) is 4.79 Å². The maximum absolute atomic E-state index is 12.5. The molecule has 0 spiro atoms. The monoisotopic (exact) mass is 336 g/mol. The third-order valence-corrected chi connectivity index (χ3v) is 5.27. The number of hydrogen-bond acceptors (Lipinski definition) is 4. The van der Waals surface area contributed by atoms with Crippen molar-refractivity contribution in [1.82, 2.24) is 4.90 Å². The molecule has 0 bridgehead atoms. The number of nitrogens with two attached hydrogens (primary N) is 1. The highest BCUT2D eigenvalue weighted by molar-refractivity contribution is 7.10. The van der Waals surface area contributed by atoms with Crippen molar-refractivity contribution in [2.45, 2.75) is 45.2 Å². The molecular formula is C17H24N2OS2. The second-order valence-corrected chi connectivity index (χ2v) is 7.43. The first-order chi connectivity index (χ1) is 10.8. The van der Waals surface area contributed by atoms with Crippen molar-refractivity contribution in [3.05, 3.63) is 44.8 Å². The fraction of sp³-hybridized carbons (Fsp3) is 0.471. The summed E-state index contributed by atoms with van der Waals surface area (Å²) in [6.45, 7) is 2.19. The van der Waals surface area contributed by atoms with E-state index in [1.54, 1.807) is 22.7 Å². The molecule has 0 aromatic carbocycles. The molecule has 3 nitrogen and oxygen atoms in total. The molecule has 2 aromatic heterocycles. The van der Waals surface area contributed by atoms with Gasteiger partial charge in [-0.1, -0.05) is 25.0 Å². The number of hydrogen-bond donors (Lipinski definition) is 1. The van der Waals surface area contributed by atoms with E-state index in [0.717, 1.165) is 45.3 Å². The van der Waals surface area contributed by atoms with Crippen molar-refractivity contribution in [1.29, 1.82) is 0 Å². The smallest absolute Gasteiger partial charge is 0.223 e. The molecule has 0 aliphatic rings. The van der Waals surface area contributed by atoms with E-state index in [9.17, 15) is 4.79 Å². The van der Waals surface area contributed by atoms with Gasteiger partial charge in [0.1, 0.15) is 0 Å². The Morgan fingerprint density at radius 1 is 0.955 bits per heavy atom. The standard InChI is InChI=1S/C17H24N2OS2/c18-10-4-2-1-3-9-17(20)19(13-15-7-5-11-21-15)14-16-8-6-12-22-16/h5-8,11-12H,1-4,9-10,13-14,18H2. The lowest BCUT2D eigenvalue weighted by Gasteiger charge is -2.21. The molecule has 0 unspecified atom stereocenters. The van der Waals surface area contributed by atoms with E-state index in [0.29, 0.717) is 6.42 Å². The highest BCUT2D eigenvalue weighted by Crippen LogP contribution is 2.18. The van der Waals surface area contributed by atoms with Crippen molar-refractivity contribution in [2.75, 3.05) is 6.54 Å². The fourth-order valence-corrected chi connectivity index (χ4v) is 3.78. The van der Waals surface area contributed by atoms with E-state index < -0.39 is 0 Å². The van der Waals surface area contributed by atoms with Gasteiger partial charge in [-0.2, -0.15) is 0 Å². The third kappa shape index (κ3) is 5.91. The number of carbonyl (C=O) groups excluding carboxylic acids is 1. The SMILES string of the molecule is NCCCCCCC(=O)N(Cc1cccs1)Cc1cccs1. The average Bonchev–Trinajstić information content (AvgIpc) is 3.20. The molecule has 2 N–H and O–H groups in total. The summed E-state index contributed by atoms with van der Waals surface area (Å²) >= 11 is 3.42. The largest absolute Gasteiger partial charge is 0.332 e. The summed E-state index contributed by atoms with van der Waals surface area (Å²) in [5.41, 5.74) is 5.50. The third-order valence-electron chi connectivity index (χ3n) is 3.55. The van der Waals surface area contributed by atoms with Crippen molar-refractivity contribution in [2.24, 2.45) is 5.73 Å². The van der Waals surface area contributed by atoms with Crippen LogP contribution in [-0.4, -0.2) is 17.4 Å². The van der Waals surface area contributed by atoms with E-state index in [-0.39, 0.29) is 5.91 Å². The normalized spacial score (nSPS) is 10.8. The molecule has 2 aromatic rings. The molecule has 0 aliphatic carbocycles. The van der Waals surface area contributed by atoms with Crippen LogP contribution in [0.15, 0.2) is 35.0 Å². The maximum Gasteiger partial charge on any atom is 0.223 e. The van der Waals surface area contributed by atoms with Crippen LogP contribution in [0.2, 0.25) is 0 Å². The molecule has 2 heterocycles. The molecule has 0 saturated heterocycles. The average molecular weight is 337 g/mol. The zero-order chi connectivity index (χ0) is 15.6. The fourth-order valence-electron chi connectivity index (χ4n) is 2.35. The molecule has 0 saturated carbocycles. The van der Waals surface area contributed by atoms with Gasteiger partial charge in [0.2, 0.25) is 5.91 Å². The lowest BCUT2D eigenvalue weighted by atomic mass is 10.1. The van der Waals surface area contributed by atoms with Gasteiger partial charge in [0.25, 0.3) is 0 Å². The second-order valence-electron chi connectivity index (χ2n) is 5.36. The Morgan fingerprint density at radius 3 is 2.05 bits per heavy atom. The van der Waals surface area contributed by atoms with E-state index >= 15 is 0 Å². The molecule has 0 atom stereocenters. The zero-order valence-corrected chi connectivity index (χ0v) is 14.5. The minimum atomic E-state index is 0.259. The van der Waals surface area contributed by atoms with Crippen molar-refractivity contribution < 1.29 is 4.79 Å². The Kier molecular flexibility index (Phi) is 7.63. The summed E-state index contributed by atoms with van der Waals surface area (Å²) in [6, 6.07) is 8.28. The summed E-state index contributed by atoms with van der Waals surface area (Å²) in [4.78, 5) is 17.0. The van der Waals surface area contributed by atoms with Gasteiger partial charge in [0.15, 0.2) is 0 Å². The molecule has 5 heteroatoms. The Bertz CT molecular complexity index is 487. The highest BCUT2D eigenvalue weighted by Gasteiger charge is 2.15. The molecule has 0 fully saturated rings. The predicted octanol–water partition coefficient (Wildman–Crippen LogP) is 4.25. The van der Waals surface area contributed by atoms with Gasteiger partial charge in [0.05, 0.1) is 13.1 Å². The molecule has 0 aliphatic heterocycles. The number of amides is 1. The molecule has 0 radical (unpaired) electrons. The van der Waals surface area contributed by atoms with Crippen LogP contribution in [0.4, 0.5) is 0 Å². The first kappa shape index (κ1) is 17.2. The van der Waals surface area contributed by atoms with Gasteiger partial charge < -0.3 is 10.6 Å². The van der Waals surface area contributed by atoms with Crippen LogP contribution in [0.25, 0.3) is 0 Å². The predicted molar refractivity (Wildman–Crippen MR) is 95.0 cm³/mol. The van der Waals surface area contributed by atoms with Crippen LogP contribution in [0.1, 0.15) is 41.9 Å². The van der Waals surface area contributed by atoms with Crippen molar-refractivity contribution >= 4 is 28.6 Å². The first-order valence-corrected chi connectivity index (χ1v) is 9.58. The topological polar surface area (TPSA) is 46.3 Å². The highest BCUT2D eigenvalue weighted by atomic mass is 32.1. The summed E-state index contributed by atoms with van der Waals surface area (Å²) in [5.74, 6) is 0.259. The van der Waals surface area contributed by atoms with Crippen LogP contribution in [-0.2, 0) is 17.9 Å². The van der Waals surface area contributed by atoms with Crippen LogP contribution in [0.3, 0.4) is 0 Å². The van der Waals surface area contributed by atoms with Gasteiger partial charge in [-0.25, -0.2) is 0 Å². The second kappa shape index (κ2) is 9.77. The molecular weight excluding hydrogens is 312 g/mol. The van der Waals surface area contributed by atoms with Crippen molar-refractivity contribution in [3.8, 4) is 0 Å². The van der Waals surface area contributed by atoms with Crippen LogP contribution in [0.5, 0.6) is 0 Å². The number of unbranched alkanes of at least 4 members (excludes halogenated alkanes) is 3. The Hall–Kier alpha value is -1.17. The first-order valence-electron chi connectivity index (χ1n) is 7.82. The van der Waals surface area contributed by atoms with Gasteiger partial charge in [-0.15, -0.1) is 22.7 Å². The molecule has 22 heavy (non-hydrogen) atoms. The van der Waals surface area contributed by atoms with Crippen LogP contribution >= 0.6 is 22.7 Å². The molecule has 1 amide bonds. The number of thiophene rings is 2. The summed E-state index contributed by atoms with van der Waals surface area (Å²) < 4.78 is 0. The lowest BCUT2D eigenvalue weighted by molar-refractivity contribution is -0.132. The van der Waals surface area contributed by atoms with Crippen molar-refractivity contribution in [3.63, 3.8) is 0 Å². The summed E-state index contributed by atoms with van der Waals surface area (Å²) in [6.07, 6.45) is 4.88. The van der Waals surface area contributed by atoms with Gasteiger partial charge in [0, 0.05) is 16.2 Å². The van der Waals surface area contributed by atoms with Gasteiger partial charge in [-0.05, 0) is 42.3 Å². The minimum Gasteiger partial charge on any atom is -0.332 e. The lowest BCUT2D eigenvalue weighted by Crippen LogP contribution is -2.29. The summed E-state index contributed by atoms with van der Waals surface area (Å²) in [7, 11) is 0. The quantitative estimate of drug-likeness (QED) is 0.659. The summed E-state index contributed by atoms with van der Waals surface area (Å²) in [5, 5.41) is 4.13. The Labute approximate surface area is 140 Å². The van der Waals surface area contributed by atoms with Gasteiger partial charge >= 0.3 is 0 Å². The minimum absolute atomic E-state index is 0.259. The Balaban J connectivity index is 1.86. The van der Waals surface area contributed by atoms with E-state index in [1.165, 1.54) is 9.75 Å². The van der Waals surface area contributed by atoms with E-state index in [2.05, 4.69) is 22.9 Å². The zero-order valence-electron chi connectivity index (χ0n) is 12.9. The van der Waals surface area contributed by atoms with E-state index in [1.807, 2.05) is 17.0 Å². The van der Waals surface area contributed by atoms with Crippen LogP contribution < -0.4 is 5.73 Å². The van der Waals surface area contributed by atoms with Crippen LogP contribution in [0, 0.1) is 0 Å². The van der Waals surface area contributed by atoms with E-state index in [4.69, 9.17) is 5.73 Å².